The second-order valence-electron chi connectivity index (χ2n) is 8.43. The molecule has 0 N–H and O–H groups in total. The van der Waals surface area contributed by atoms with Crippen LogP contribution in [-0.4, -0.2) is 38.9 Å². The average Bonchev–Trinajstić information content (AvgIpc) is 3.56. The molecule has 2 aromatic carbocycles. The molecule has 1 aliphatic heterocycles. The van der Waals surface area contributed by atoms with Crippen molar-refractivity contribution >= 4 is 32.3 Å². The van der Waals surface area contributed by atoms with Gasteiger partial charge in [-0.05, 0) is 73.3 Å². The number of aromatic nitrogens is 3. The van der Waals surface area contributed by atoms with Crippen molar-refractivity contribution < 1.29 is 0 Å². The number of rotatable bonds is 5. The van der Waals surface area contributed by atoms with Crippen molar-refractivity contribution in [1.82, 2.24) is 19.2 Å². The molecule has 6 heteroatoms. The summed E-state index contributed by atoms with van der Waals surface area (Å²) in [5, 5.41) is 6.86. The molecular weight excluding hydrogens is 416 g/mol. The lowest BCUT2D eigenvalue weighted by atomic mass is 10.2. The van der Waals surface area contributed by atoms with E-state index in [1.807, 2.05) is 36.7 Å². The second-order valence-corrected chi connectivity index (χ2v) is 9.52. The normalized spacial score (nSPS) is 14.6. The number of benzene rings is 2. The Kier molecular flexibility index (Phi) is 4.89. The summed E-state index contributed by atoms with van der Waals surface area (Å²) in [6, 6.07) is 20.4. The van der Waals surface area contributed by atoms with Gasteiger partial charge in [-0.15, -0.1) is 11.3 Å². The van der Waals surface area contributed by atoms with Crippen LogP contribution in [0, 0.1) is 0 Å². The molecule has 5 nitrogen and oxygen atoms in total. The molecule has 0 spiro atoms. The van der Waals surface area contributed by atoms with Crippen LogP contribution in [-0.2, 0) is 6.54 Å². The third-order valence-corrected chi connectivity index (χ3v) is 7.53. The fourth-order valence-corrected chi connectivity index (χ4v) is 5.67. The van der Waals surface area contributed by atoms with Crippen molar-refractivity contribution in [2.24, 2.45) is 0 Å². The van der Waals surface area contributed by atoms with Gasteiger partial charge in [-0.1, -0.05) is 18.2 Å². The van der Waals surface area contributed by atoms with Crippen molar-refractivity contribution in [1.29, 1.82) is 0 Å². The van der Waals surface area contributed by atoms with Gasteiger partial charge in [0.05, 0.1) is 18.3 Å². The van der Waals surface area contributed by atoms with Gasteiger partial charge in [0, 0.05) is 39.5 Å². The van der Waals surface area contributed by atoms with Crippen molar-refractivity contribution in [3.8, 4) is 16.1 Å². The monoisotopic (exact) mass is 440 g/mol. The Labute approximate surface area is 190 Å². The summed E-state index contributed by atoms with van der Waals surface area (Å²) in [6.45, 7) is 4.33. The predicted octanol–water partition coefficient (Wildman–Crippen LogP) is 5.16. The van der Waals surface area contributed by atoms with E-state index in [0.29, 0.717) is 0 Å². The number of thiophene rings is 1. The van der Waals surface area contributed by atoms with E-state index >= 15 is 0 Å². The van der Waals surface area contributed by atoms with Crippen molar-refractivity contribution in [2.75, 3.05) is 19.6 Å². The van der Waals surface area contributed by atoms with Crippen LogP contribution in [0.5, 0.6) is 0 Å². The first-order valence-corrected chi connectivity index (χ1v) is 12.0. The minimum absolute atomic E-state index is 0.0271. The van der Waals surface area contributed by atoms with Crippen LogP contribution in [0.4, 0.5) is 0 Å². The Bertz CT molecular complexity index is 1440. The molecule has 0 atom stereocenters. The largest absolute Gasteiger partial charge is 0.301 e. The summed E-state index contributed by atoms with van der Waals surface area (Å²) >= 11 is 1.72. The highest BCUT2D eigenvalue weighted by molar-refractivity contribution is 7.22. The van der Waals surface area contributed by atoms with Gasteiger partial charge in [0.2, 0.25) is 0 Å². The predicted molar refractivity (Wildman–Crippen MR) is 132 cm³/mol. The molecule has 0 unspecified atom stereocenters. The third kappa shape index (κ3) is 3.55. The molecule has 5 aromatic rings. The van der Waals surface area contributed by atoms with Gasteiger partial charge >= 0.3 is 0 Å². The number of likely N-dealkylation sites (tertiary alicyclic amines) is 1. The standard InChI is InChI=1S/C26H24N4OS/c31-26-17-20(25-16-19-5-1-2-6-24(19)32-25)9-12-29(26)22-7-8-23-21(15-22)18-27-30(23)14-13-28-10-3-4-11-28/h1-2,5-9,12,15-18H,3-4,10-11,13-14H2. The maximum Gasteiger partial charge on any atom is 0.255 e. The second kappa shape index (κ2) is 8.04. The molecule has 160 valence electrons. The van der Waals surface area contributed by atoms with Crippen molar-refractivity contribution in [3.05, 3.63) is 83.4 Å². The SMILES string of the molecule is O=c1cc(-c2cc3ccccc3s2)ccn1-c1ccc2c(cnn2CCN2CCCC2)c1. The maximum atomic E-state index is 13.0. The number of hydrogen-bond donors (Lipinski definition) is 0. The summed E-state index contributed by atoms with van der Waals surface area (Å²) in [4.78, 5) is 16.6. The lowest BCUT2D eigenvalue weighted by Crippen LogP contribution is -2.24. The average molecular weight is 441 g/mol. The van der Waals surface area contributed by atoms with E-state index in [2.05, 4.69) is 45.0 Å². The van der Waals surface area contributed by atoms with Crippen LogP contribution in [0.25, 0.3) is 37.1 Å². The maximum absolute atomic E-state index is 13.0. The summed E-state index contributed by atoms with van der Waals surface area (Å²) in [7, 11) is 0. The van der Waals surface area contributed by atoms with Crippen LogP contribution < -0.4 is 5.56 Å². The fraction of sp³-hybridized carbons (Fsp3) is 0.231. The number of nitrogens with zero attached hydrogens (tertiary/aromatic N) is 4. The molecule has 0 bridgehead atoms. The van der Waals surface area contributed by atoms with Crippen LogP contribution in [0.15, 0.2) is 77.9 Å². The van der Waals surface area contributed by atoms with E-state index in [4.69, 9.17) is 0 Å². The number of hydrogen-bond acceptors (Lipinski definition) is 4. The summed E-state index contributed by atoms with van der Waals surface area (Å²) in [5.74, 6) is 0. The van der Waals surface area contributed by atoms with E-state index in [-0.39, 0.29) is 5.56 Å². The van der Waals surface area contributed by atoms with Gasteiger partial charge in [-0.2, -0.15) is 5.10 Å². The quantitative estimate of drug-likeness (QED) is 0.379. The van der Waals surface area contributed by atoms with Crippen molar-refractivity contribution in [3.63, 3.8) is 0 Å². The zero-order valence-corrected chi connectivity index (χ0v) is 18.6. The molecule has 32 heavy (non-hydrogen) atoms. The summed E-state index contributed by atoms with van der Waals surface area (Å²) in [5.41, 5.74) is 2.91. The van der Waals surface area contributed by atoms with Gasteiger partial charge in [0.15, 0.2) is 0 Å². The van der Waals surface area contributed by atoms with E-state index in [1.165, 1.54) is 36.0 Å². The molecule has 3 aromatic heterocycles. The van der Waals surface area contributed by atoms with Gasteiger partial charge in [0.1, 0.15) is 0 Å². The molecule has 1 aliphatic rings. The van der Waals surface area contributed by atoms with Crippen molar-refractivity contribution in [2.45, 2.75) is 19.4 Å². The smallest absolute Gasteiger partial charge is 0.255 e. The Balaban J connectivity index is 1.28. The highest BCUT2D eigenvalue weighted by atomic mass is 32.1. The first kappa shape index (κ1) is 19.5. The molecule has 1 saturated heterocycles. The van der Waals surface area contributed by atoms with Crippen LogP contribution in [0.3, 0.4) is 0 Å². The molecule has 0 amide bonds. The first-order chi connectivity index (χ1) is 15.7. The first-order valence-electron chi connectivity index (χ1n) is 11.1. The minimum atomic E-state index is -0.0271. The van der Waals surface area contributed by atoms with E-state index in [0.717, 1.165) is 40.1 Å². The number of pyridine rings is 1. The Morgan fingerprint density at radius 3 is 2.62 bits per heavy atom. The molecule has 1 fully saturated rings. The van der Waals surface area contributed by atoms with E-state index < -0.39 is 0 Å². The zero-order valence-electron chi connectivity index (χ0n) is 17.8. The van der Waals surface area contributed by atoms with Crippen LogP contribution in [0.1, 0.15) is 12.8 Å². The minimum Gasteiger partial charge on any atom is -0.301 e. The Morgan fingerprint density at radius 1 is 0.906 bits per heavy atom. The van der Waals surface area contributed by atoms with Gasteiger partial charge < -0.3 is 4.90 Å². The molecule has 0 radical (unpaired) electrons. The van der Waals surface area contributed by atoms with E-state index in [1.54, 1.807) is 22.0 Å². The van der Waals surface area contributed by atoms with Gasteiger partial charge in [-0.25, -0.2) is 0 Å². The molecule has 0 saturated carbocycles. The topological polar surface area (TPSA) is 43.1 Å². The molecule has 6 rings (SSSR count). The van der Waals surface area contributed by atoms with E-state index in [9.17, 15) is 4.79 Å². The molecule has 4 heterocycles. The van der Waals surface area contributed by atoms with Gasteiger partial charge in [-0.3, -0.25) is 14.0 Å². The van der Waals surface area contributed by atoms with Crippen LogP contribution in [0.2, 0.25) is 0 Å². The number of fused-ring (bicyclic) bond motifs is 2. The fourth-order valence-electron chi connectivity index (χ4n) is 4.61. The molecule has 0 aliphatic carbocycles. The summed E-state index contributed by atoms with van der Waals surface area (Å²) in [6.07, 6.45) is 6.39. The highest BCUT2D eigenvalue weighted by Crippen LogP contribution is 2.32. The highest BCUT2D eigenvalue weighted by Gasteiger charge is 2.13. The lowest BCUT2D eigenvalue weighted by Gasteiger charge is -2.14. The molecular formula is C26H24N4OS. The third-order valence-electron chi connectivity index (χ3n) is 6.36. The zero-order chi connectivity index (χ0) is 21.5. The summed E-state index contributed by atoms with van der Waals surface area (Å²) < 4.78 is 5.02. The Hall–Kier alpha value is -3.22. The van der Waals surface area contributed by atoms with Crippen LogP contribution >= 0.6 is 11.3 Å². The van der Waals surface area contributed by atoms with Gasteiger partial charge in [0.25, 0.3) is 5.56 Å². The lowest BCUT2D eigenvalue weighted by molar-refractivity contribution is 0.318. The Morgan fingerprint density at radius 2 is 1.78 bits per heavy atom.